The number of rotatable bonds is 7. The van der Waals surface area contributed by atoms with Crippen LogP contribution in [-0.4, -0.2) is 20.5 Å². The highest BCUT2D eigenvalue weighted by atomic mass is 32.2. The van der Waals surface area contributed by atoms with Gasteiger partial charge in [0.2, 0.25) is 0 Å². The number of aromatic nitrogens is 1. The van der Waals surface area contributed by atoms with Gasteiger partial charge in [0.1, 0.15) is 0 Å². The molecule has 1 aliphatic heterocycles. The number of benzene rings is 3. The normalized spacial score (nSPS) is 27.3. The molecule has 5 heteroatoms. The van der Waals surface area contributed by atoms with E-state index in [4.69, 9.17) is 4.99 Å². The maximum absolute atomic E-state index is 13.9. The molecule has 0 N–H and O–H groups in total. The predicted octanol–water partition coefficient (Wildman–Crippen LogP) is 9.23. The van der Waals surface area contributed by atoms with Crippen molar-refractivity contribution >= 4 is 28.9 Å². The molecule has 5 fully saturated rings. The van der Waals surface area contributed by atoms with Crippen molar-refractivity contribution in [2.45, 2.75) is 70.9 Å². The average molecular weight is 612 g/mol. The molecule has 4 aliphatic carbocycles. The fraction of sp³-hybridized carbons (Fsp3) is 0.350. The summed E-state index contributed by atoms with van der Waals surface area (Å²) in [5.74, 6) is 2.86. The van der Waals surface area contributed by atoms with Crippen LogP contribution in [0.15, 0.2) is 101 Å². The molecule has 2 heterocycles. The van der Waals surface area contributed by atoms with Gasteiger partial charge in [0.15, 0.2) is 5.17 Å². The van der Waals surface area contributed by atoms with Gasteiger partial charge in [-0.05, 0) is 134 Å². The van der Waals surface area contributed by atoms with E-state index in [9.17, 15) is 4.79 Å². The van der Waals surface area contributed by atoms with Crippen molar-refractivity contribution in [3.8, 4) is 5.69 Å². The van der Waals surface area contributed by atoms with Crippen LogP contribution in [0.1, 0.15) is 72.2 Å². The van der Waals surface area contributed by atoms with Crippen LogP contribution >= 0.6 is 11.8 Å². The first-order valence-electron chi connectivity index (χ1n) is 16.6. The fourth-order valence-corrected chi connectivity index (χ4v) is 10.1. The highest BCUT2D eigenvalue weighted by molar-refractivity contribution is 8.18. The molecule has 0 atom stereocenters. The van der Waals surface area contributed by atoms with Crippen molar-refractivity contribution in [2.24, 2.45) is 22.7 Å². The molecule has 228 valence electrons. The van der Waals surface area contributed by atoms with E-state index < -0.39 is 0 Å². The van der Waals surface area contributed by atoms with E-state index in [-0.39, 0.29) is 5.91 Å². The number of aliphatic imine (C=N–C) groups is 1. The predicted molar refractivity (Wildman–Crippen MR) is 185 cm³/mol. The third-order valence-electron chi connectivity index (χ3n) is 10.8. The van der Waals surface area contributed by atoms with Gasteiger partial charge in [0.25, 0.3) is 5.91 Å². The fourth-order valence-electron chi connectivity index (χ4n) is 9.17. The Morgan fingerprint density at radius 2 is 1.42 bits per heavy atom. The second-order valence-electron chi connectivity index (χ2n) is 14.0. The summed E-state index contributed by atoms with van der Waals surface area (Å²) < 4.78 is 2.34. The number of hydrogen-bond acceptors (Lipinski definition) is 3. The lowest BCUT2D eigenvalue weighted by atomic mass is 9.48. The topological polar surface area (TPSA) is 37.6 Å². The SMILES string of the molecule is Cc1cc(/C=C2\SC(=NCc3ccccc3)N(Cc3ccccc3)C2=O)c(C)n1-c1ccc(C23CC4CC(CC(C4)C2)C3)cc1. The largest absolute Gasteiger partial charge is 0.318 e. The first-order chi connectivity index (χ1) is 21.9. The molecule has 0 radical (unpaired) electrons. The van der Waals surface area contributed by atoms with E-state index in [2.05, 4.69) is 79.1 Å². The Morgan fingerprint density at radius 1 is 0.822 bits per heavy atom. The first-order valence-corrected chi connectivity index (χ1v) is 17.4. The Morgan fingerprint density at radius 3 is 2.04 bits per heavy atom. The van der Waals surface area contributed by atoms with E-state index in [1.807, 2.05) is 41.3 Å². The molecule has 4 nitrogen and oxygen atoms in total. The molecular weight excluding hydrogens is 571 g/mol. The zero-order valence-corrected chi connectivity index (χ0v) is 27.1. The molecule has 4 saturated carbocycles. The monoisotopic (exact) mass is 611 g/mol. The van der Waals surface area contributed by atoms with Crippen LogP contribution in [0, 0.1) is 31.6 Å². The minimum absolute atomic E-state index is 0.0143. The summed E-state index contributed by atoms with van der Waals surface area (Å²) in [6.07, 6.45) is 10.7. The van der Waals surface area contributed by atoms with Crippen LogP contribution in [0.3, 0.4) is 0 Å². The Hall–Kier alpha value is -3.83. The summed E-state index contributed by atoms with van der Waals surface area (Å²) >= 11 is 1.49. The molecule has 0 unspecified atom stereocenters. The number of nitrogens with zero attached hydrogens (tertiary/aromatic N) is 3. The van der Waals surface area contributed by atoms with Gasteiger partial charge in [-0.2, -0.15) is 0 Å². The molecule has 4 aromatic rings. The zero-order chi connectivity index (χ0) is 30.5. The van der Waals surface area contributed by atoms with Gasteiger partial charge in [-0.25, -0.2) is 0 Å². The molecule has 0 spiro atoms. The van der Waals surface area contributed by atoms with Crippen LogP contribution in [0.5, 0.6) is 0 Å². The standard InChI is InChI=1S/C40H41N3OS/c1-27-17-34(28(2)43(27)36-15-13-35(14-16-36)40-22-31-18-32(23-40)20-33(19-31)24-40)21-37-38(44)42(26-30-11-7-4-8-12-30)39(45-37)41-25-29-9-5-3-6-10-29/h3-17,21,31-33H,18-20,22-26H2,1-2H3/b37-21-,41-39?. The smallest absolute Gasteiger partial charge is 0.267 e. The minimum atomic E-state index is 0.0143. The number of hydrogen-bond donors (Lipinski definition) is 0. The maximum Gasteiger partial charge on any atom is 0.267 e. The number of carbonyl (C=O) groups excluding carboxylic acids is 1. The second kappa shape index (κ2) is 11.5. The van der Waals surface area contributed by atoms with E-state index in [0.29, 0.717) is 18.5 Å². The summed E-state index contributed by atoms with van der Waals surface area (Å²) in [5, 5.41) is 0.757. The van der Waals surface area contributed by atoms with Crippen molar-refractivity contribution in [2.75, 3.05) is 0 Å². The summed E-state index contributed by atoms with van der Waals surface area (Å²) in [6.45, 7) is 5.39. The lowest BCUT2D eigenvalue weighted by molar-refractivity contribution is -0.122. The van der Waals surface area contributed by atoms with Gasteiger partial charge in [-0.3, -0.25) is 14.7 Å². The second-order valence-corrected chi connectivity index (χ2v) is 15.0. The van der Waals surface area contributed by atoms with Crippen LogP contribution in [0.4, 0.5) is 0 Å². The Bertz CT molecular complexity index is 1750. The Kier molecular flexibility index (Phi) is 7.32. The van der Waals surface area contributed by atoms with Gasteiger partial charge in [-0.15, -0.1) is 0 Å². The van der Waals surface area contributed by atoms with Gasteiger partial charge in [0.05, 0.1) is 18.0 Å². The lowest BCUT2D eigenvalue weighted by Gasteiger charge is -2.57. The summed E-state index contributed by atoms with van der Waals surface area (Å²) in [7, 11) is 0. The van der Waals surface area contributed by atoms with Crippen molar-refractivity contribution in [3.05, 3.63) is 130 Å². The van der Waals surface area contributed by atoms with Gasteiger partial charge in [0, 0.05) is 17.1 Å². The van der Waals surface area contributed by atoms with Crippen LogP contribution in [0.25, 0.3) is 11.8 Å². The van der Waals surface area contributed by atoms with Crippen LogP contribution in [-0.2, 0) is 23.3 Å². The Balaban J connectivity index is 1.07. The summed E-state index contributed by atoms with van der Waals surface area (Å²) in [5.41, 5.74) is 8.81. The quantitative estimate of drug-likeness (QED) is 0.195. The maximum atomic E-state index is 13.9. The van der Waals surface area contributed by atoms with E-state index >= 15 is 0 Å². The van der Waals surface area contributed by atoms with Crippen LogP contribution in [0.2, 0.25) is 0 Å². The van der Waals surface area contributed by atoms with Crippen molar-refractivity contribution in [1.29, 1.82) is 0 Å². The number of thioether (sulfide) groups is 1. The molecular formula is C40H41N3OS. The van der Waals surface area contributed by atoms with Crippen LogP contribution < -0.4 is 0 Å². The van der Waals surface area contributed by atoms with Gasteiger partial charge < -0.3 is 4.57 Å². The molecule has 9 rings (SSSR count). The van der Waals surface area contributed by atoms with E-state index in [0.717, 1.165) is 50.2 Å². The van der Waals surface area contributed by atoms with E-state index in [1.54, 1.807) is 5.56 Å². The first kappa shape index (κ1) is 28.6. The van der Waals surface area contributed by atoms with Crippen molar-refractivity contribution in [1.82, 2.24) is 9.47 Å². The molecule has 45 heavy (non-hydrogen) atoms. The Labute approximate surface area is 271 Å². The minimum Gasteiger partial charge on any atom is -0.318 e. The average Bonchev–Trinajstić information content (AvgIpc) is 3.49. The summed E-state index contributed by atoms with van der Waals surface area (Å²) in [6, 6.07) is 32.1. The molecule has 1 aromatic heterocycles. The molecule has 5 aliphatic rings. The molecule has 1 amide bonds. The lowest BCUT2D eigenvalue weighted by Crippen LogP contribution is -2.48. The van der Waals surface area contributed by atoms with Crippen molar-refractivity contribution < 1.29 is 4.79 Å². The van der Waals surface area contributed by atoms with Crippen molar-refractivity contribution in [3.63, 3.8) is 0 Å². The third-order valence-corrected chi connectivity index (χ3v) is 11.9. The zero-order valence-electron chi connectivity index (χ0n) is 26.3. The third kappa shape index (κ3) is 5.39. The number of amidine groups is 1. The summed E-state index contributed by atoms with van der Waals surface area (Å²) in [4.78, 5) is 21.3. The van der Waals surface area contributed by atoms with E-state index in [1.165, 1.54) is 61.7 Å². The molecule has 3 aromatic carbocycles. The highest BCUT2D eigenvalue weighted by Gasteiger charge is 2.51. The van der Waals surface area contributed by atoms with Gasteiger partial charge in [-0.1, -0.05) is 72.8 Å². The number of amides is 1. The number of carbonyl (C=O) groups is 1. The van der Waals surface area contributed by atoms with Gasteiger partial charge >= 0.3 is 0 Å². The highest BCUT2D eigenvalue weighted by Crippen LogP contribution is 2.60. The molecule has 4 bridgehead atoms. The molecule has 1 saturated heterocycles. The number of aryl methyl sites for hydroxylation is 1.